The van der Waals surface area contributed by atoms with Gasteiger partial charge >= 0.3 is 0 Å². The van der Waals surface area contributed by atoms with Gasteiger partial charge in [-0.15, -0.1) is 0 Å². The number of aromatic amines is 1. The van der Waals surface area contributed by atoms with Crippen LogP contribution in [0.15, 0.2) is 6.20 Å². The highest BCUT2D eigenvalue weighted by Gasteiger charge is 2.43. The molecule has 1 aromatic heterocycles. The van der Waals surface area contributed by atoms with Gasteiger partial charge in [0.05, 0.1) is 24.9 Å². The van der Waals surface area contributed by atoms with E-state index in [1.807, 2.05) is 6.92 Å². The summed E-state index contributed by atoms with van der Waals surface area (Å²) < 4.78 is 0. The fourth-order valence-electron chi connectivity index (χ4n) is 1.90. The van der Waals surface area contributed by atoms with Crippen LogP contribution in [-0.2, 0) is 0 Å². The molecule has 0 aliphatic carbocycles. The minimum Gasteiger partial charge on any atom is -0.386 e. The first-order chi connectivity index (χ1) is 7.14. The van der Waals surface area contributed by atoms with Crippen molar-refractivity contribution >= 4 is 5.91 Å². The second-order valence-electron chi connectivity index (χ2n) is 3.99. The van der Waals surface area contributed by atoms with Crippen LogP contribution in [-0.4, -0.2) is 50.0 Å². The summed E-state index contributed by atoms with van der Waals surface area (Å²) in [6, 6.07) is 0. The van der Waals surface area contributed by atoms with Gasteiger partial charge in [-0.3, -0.25) is 4.79 Å². The van der Waals surface area contributed by atoms with Crippen molar-refractivity contribution in [2.45, 2.75) is 25.4 Å². The van der Waals surface area contributed by atoms with E-state index in [0.717, 1.165) is 12.8 Å². The Morgan fingerprint density at radius 1 is 1.73 bits per heavy atom. The minimum absolute atomic E-state index is 0.176. The maximum atomic E-state index is 11.7. The molecule has 15 heavy (non-hydrogen) atoms. The number of rotatable bonds is 3. The van der Waals surface area contributed by atoms with E-state index in [9.17, 15) is 9.90 Å². The number of aliphatic hydroxyl groups is 1. The Bertz CT molecular complexity index is 343. The summed E-state index contributed by atoms with van der Waals surface area (Å²) in [5.74, 6) is -0.176. The van der Waals surface area contributed by atoms with Crippen molar-refractivity contribution in [1.82, 2.24) is 20.3 Å². The highest BCUT2D eigenvalue weighted by Crippen LogP contribution is 2.26. The molecule has 0 saturated carbocycles. The van der Waals surface area contributed by atoms with Crippen molar-refractivity contribution in [3.05, 3.63) is 11.9 Å². The SMILES string of the molecule is CCCC1(O)CN(C(=O)c2cn[nH]n2)C1. The molecule has 0 bridgehead atoms. The number of hydrogen-bond acceptors (Lipinski definition) is 4. The number of aromatic nitrogens is 3. The number of H-pyrrole nitrogens is 1. The number of amides is 1. The quantitative estimate of drug-likeness (QED) is 0.723. The summed E-state index contributed by atoms with van der Waals surface area (Å²) >= 11 is 0. The van der Waals surface area contributed by atoms with Gasteiger partial charge in [-0.1, -0.05) is 13.3 Å². The zero-order chi connectivity index (χ0) is 10.9. The van der Waals surface area contributed by atoms with Crippen molar-refractivity contribution in [2.24, 2.45) is 0 Å². The van der Waals surface area contributed by atoms with Gasteiger partial charge in [0.2, 0.25) is 0 Å². The molecule has 2 N–H and O–H groups in total. The molecule has 6 nitrogen and oxygen atoms in total. The fourth-order valence-corrected chi connectivity index (χ4v) is 1.90. The zero-order valence-electron chi connectivity index (χ0n) is 8.60. The third-order valence-corrected chi connectivity index (χ3v) is 2.61. The van der Waals surface area contributed by atoms with Crippen LogP contribution in [0.2, 0.25) is 0 Å². The first-order valence-corrected chi connectivity index (χ1v) is 5.02. The molecule has 0 unspecified atom stereocenters. The first kappa shape index (κ1) is 10.1. The molecule has 0 aromatic carbocycles. The molecular formula is C9H14N4O2. The molecular weight excluding hydrogens is 196 g/mol. The molecule has 0 atom stereocenters. The van der Waals surface area contributed by atoms with E-state index in [2.05, 4.69) is 15.4 Å². The normalized spacial score (nSPS) is 18.7. The summed E-state index contributed by atoms with van der Waals surface area (Å²) in [7, 11) is 0. The third kappa shape index (κ3) is 1.85. The first-order valence-electron chi connectivity index (χ1n) is 5.02. The molecule has 2 heterocycles. The molecule has 1 saturated heterocycles. The topological polar surface area (TPSA) is 82.1 Å². The number of likely N-dealkylation sites (tertiary alicyclic amines) is 1. The van der Waals surface area contributed by atoms with E-state index >= 15 is 0 Å². The van der Waals surface area contributed by atoms with Crippen LogP contribution in [0.4, 0.5) is 0 Å². The smallest absolute Gasteiger partial charge is 0.276 e. The second kappa shape index (κ2) is 3.62. The summed E-state index contributed by atoms with van der Waals surface area (Å²) in [6.45, 7) is 2.80. The van der Waals surface area contributed by atoms with Gasteiger partial charge in [0.1, 0.15) is 0 Å². The molecule has 0 spiro atoms. The van der Waals surface area contributed by atoms with Gasteiger partial charge in [-0.25, -0.2) is 0 Å². The summed E-state index contributed by atoms with van der Waals surface area (Å²) in [5.41, 5.74) is -0.387. The monoisotopic (exact) mass is 210 g/mol. The molecule has 6 heteroatoms. The Labute approximate surface area is 87.3 Å². The van der Waals surface area contributed by atoms with E-state index in [0.29, 0.717) is 18.8 Å². The average molecular weight is 210 g/mol. The predicted molar refractivity (Wildman–Crippen MR) is 52.1 cm³/mol. The van der Waals surface area contributed by atoms with Crippen LogP contribution < -0.4 is 0 Å². The lowest BCUT2D eigenvalue weighted by atomic mass is 9.89. The van der Waals surface area contributed by atoms with Gasteiger partial charge in [0.25, 0.3) is 5.91 Å². The van der Waals surface area contributed by atoms with Crippen LogP contribution in [0.3, 0.4) is 0 Å². The third-order valence-electron chi connectivity index (χ3n) is 2.61. The maximum absolute atomic E-state index is 11.7. The van der Waals surface area contributed by atoms with Crippen molar-refractivity contribution in [1.29, 1.82) is 0 Å². The van der Waals surface area contributed by atoms with Crippen molar-refractivity contribution < 1.29 is 9.90 Å². The van der Waals surface area contributed by atoms with E-state index < -0.39 is 5.60 Å². The van der Waals surface area contributed by atoms with Crippen LogP contribution in [0.1, 0.15) is 30.3 Å². The van der Waals surface area contributed by atoms with Crippen molar-refractivity contribution in [3.63, 3.8) is 0 Å². The molecule has 1 aliphatic rings. The molecule has 1 aliphatic heterocycles. The number of nitrogens with zero attached hydrogens (tertiary/aromatic N) is 3. The lowest BCUT2D eigenvalue weighted by Gasteiger charge is -2.46. The van der Waals surface area contributed by atoms with E-state index in [1.165, 1.54) is 6.20 Å². The molecule has 1 aromatic rings. The standard InChI is InChI=1S/C9H14N4O2/c1-2-3-9(15)5-13(6-9)8(14)7-4-10-12-11-7/h4,15H,2-3,5-6H2,1H3,(H,10,11,12). The predicted octanol–water partition coefficient (Wildman–Crippen LogP) is -0.208. The average Bonchev–Trinajstić information content (AvgIpc) is 2.66. The lowest BCUT2D eigenvalue weighted by molar-refractivity contribution is -0.0861. The Hall–Kier alpha value is -1.43. The Balaban J connectivity index is 1.92. The second-order valence-corrected chi connectivity index (χ2v) is 3.99. The molecule has 0 radical (unpaired) electrons. The summed E-state index contributed by atoms with van der Waals surface area (Å²) in [4.78, 5) is 13.2. The molecule has 1 amide bonds. The van der Waals surface area contributed by atoms with E-state index in [4.69, 9.17) is 0 Å². The Kier molecular flexibility index (Phi) is 2.44. The Morgan fingerprint density at radius 2 is 2.47 bits per heavy atom. The van der Waals surface area contributed by atoms with Crippen LogP contribution in [0, 0.1) is 0 Å². The largest absolute Gasteiger partial charge is 0.386 e. The van der Waals surface area contributed by atoms with Crippen LogP contribution in [0.5, 0.6) is 0 Å². The number of carbonyl (C=O) groups is 1. The number of β-amino-alcohol motifs (C(OH)–C–C–N with tert-alkyl or cyclic N) is 1. The molecule has 1 fully saturated rings. The lowest BCUT2D eigenvalue weighted by Crippen LogP contribution is -2.63. The number of nitrogens with one attached hydrogen (secondary N) is 1. The number of hydrogen-bond donors (Lipinski definition) is 2. The molecule has 82 valence electrons. The van der Waals surface area contributed by atoms with Gasteiger partial charge in [0.15, 0.2) is 5.69 Å². The van der Waals surface area contributed by atoms with E-state index in [1.54, 1.807) is 4.90 Å². The van der Waals surface area contributed by atoms with Gasteiger partial charge in [-0.05, 0) is 6.42 Å². The summed E-state index contributed by atoms with van der Waals surface area (Å²) in [5, 5.41) is 19.6. The minimum atomic E-state index is -0.686. The van der Waals surface area contributed by atoms with Crippen LogP contribution >= 0.6 is 0 Å². The maximum Gasteiger partial charge on any atom is 0.276 e. The van der Waals surface area contributed by atoms with Gasteiger partial charge in [0, 0.05) is 0 Å². The molecule has 2 rings (SSSR count). The highest BCUT2D eigenvalue weighted by atomic mass is 16.3. The van der Waals surface area contributed by atoms with E-state index in [-0.39, 0.29) is 5.91 Å². The Morgan fingerprint density at radius 3 is 3.00 bits per heavy atom. The fraction of sp³-hybridized carbons (Fsp3) is 0.667. The number of carbonyl (C=O) groups excluding carboxylic acids is 1. The summed E-state index contributed by atoms with van der Waals surface area (Å²) in [6.07, 6.45) is 3.04. The zero-order valence-corrected chi connectivity index (χ0v) is 8.60. The van der Waals surface area contributed by atoms with Gasteiger partial charge < -0.3 is 10.0 Å². The van der Waals surface area contributed by atoms with Crippen LogP contribution in [0.25, 0.3) is 0 Å². The van der Waals surface area contributed by atoms with Crippen molar-refractivity contribution in [2.75, 3.05) is 13.1 Å². The van der Waals surface area contributed by atoms with Gasteiger partial charge in [-0.2, -0.15) is 15.4 Å². The highest BCUT2D eigenvalue weighted by molar-refractivity contribution is 5.92. The van der Waals surface area contributed by atoms with Crippen molar-refractivity contribution in [3.8, 4) is 0 Å².